The van der Waals surface area contributed by atoms with Crippen molar-refractivity contribution >= 4 is 57.8 Å². The molecule has 2 amide bonds. The van der Waals surface area contributed by atoms with Crippen LogP contribution in [-0.2, 0) is 4.79 Å². The van der Waals surface area contributed by atoms with Crippen LogP contribution in [-0.4, -0.2) is 11.8 Å². The molecule has 7 heteroatoms. The van der Waals surface area contributed by atoms with Gasteiger partial charge in [0.25, 0.3) is 11.8 Å². The van der Waals surface area contributed by atoms with Crippen molar-refractivity contribution in [1.29, 1.82) is 0 Å². The summed E-state index contributed by atoms with van der Waals surface area (Å²) in [6, 6.07) is 19.3. The molecular weight excluding hydrogens is 506 g/mol. The van der Waals surface area contributed by atoms with Crippen LogP contribution in [0.1, 0.15) is 15.9 Å². The molecule has 0 unspecified atom stereocenters. The van der Waals surface area contributed by atoms with Gasteiger partial charge in [-0.25, -0.2) is 4.39 Å². The zero-order valence-electron chi connectivity index (χ0n) is 15.0. The molecular formula is C22H15ClFIN2O2. The van der Waals surface area contributed by atoms with Crippen LogP contribution in [0.2, 0.25) is 5.02 Å². The Balaban J connectivity index is 1.89. The second-order valence-electron chi connectivity index (χ2n) is 6.00. The zero-order valence-corrected chi connectivity index (χ0v) is 17.9. The molecule has 0 fully saturated rings. The largest absolute Gasteiger partial charge is 0.321 e. The molecule has 0 saturated carbocycles. The third-order valence-electron chi connectivity index (χ3n) is 3.89. The number of benzene rings is 3. The van der Waals surface area contributed by atoms with Gasteiger partial charge in [-0.3, -0.25) is 9.59 Å². The van der Waals surface area contributed by atoms with Gasteiger partial charge in [0.2, 0.25) is 0 Å². The van der Waals surface area contributed by atoms with Crippen molar-refractivity contribution in [3.8, 4) is 0 Å². The highest BCUT2D eigenvalue weighted by Gasteiger charge is 2.17. The van der Waals surface area contributed by atoms with Gasteiger partial charge in [0, 0.05) is 9.26 Å². The van der Waals surface area contributed by atoms with Crippen LogP contribution in [0.4, 0.5) is 10.1 Å². The molecule has 0 saturated heterocycles. The predicted octanol–water partition coefficient (Wildman–Crippen LogP) is 5.49. The summed E-state index contributed by atoms with van der Waals surface area (Å²) in [7, 11) is 0. The number of nitrogens with one attached hydrogen (secondary N) is 2. The van der Waals surface area contributed by atoms with E-state index in [1.807, 2.05) is 12.1 Å². The van der Waals surface area contributed by atoms with Gasteiger partial charge in [0.1, 0.15) is 11.5 Å². The minimum absolute atomic E-state index is 0.0000721. The fourth-order valence-electron chi connectivity index (χ4n) is 2.45. The lowest BCUT2D eigenvalue weighted by atomic mass is 10.1. The van der Waals surface area contributed by atoms with Crippen LogP contribution >= 0.6 is 34.2 Å². The lowest BCUT2D eigenvalue weighted by Gasteiger charge is -2.12. The Morgan fingerprint density at radius 2 is 1.59 bits per heavy atom. The van der Waals surface area contributed by atoms with Crippen molar-refractivity contribution < 1.29 is 14.0 Å². The van der Waals surface area contributed by atoms with Crippen LogP contribution in [0.3, 0.4) is 0 Å². The molecule has 0 aromatic heterocycles. The first-order valence-corrected chi connectivity index (χ1v) is 9.98. The van der Waals surface area contributed by atoms with E-state index in [-0.39, 0.29) is 16.3 Å². The Hall–Kier alpha value is -2.71. The first-order valence-electron chi connectivity index (χ1n) is 8.52. The highest BCUT2D eigenvalue weighted by Crippen LogP contribution is 2.17. The number of hydrogen-bond donors (Lipinski definition) is 2. The van der Waals surface area contributed by atoms with Crippen molar-refractivity contribution in [2.45, 2.75) is 0 Å². The fraction of sp³-hybridized carbons (Fsp3) is 0. The van der Waals surface area contributed by atoms with Crippen molar-refractivity contribution in [2.24, 2.45) is 0 Å². The van der Waals surface area contributed by atoms with Crippen LogP contribution in [0.5, 0.6) is 0 Å². The van der Waals surface area contributed by atoms with Gasteiger partial charge < -0.3 is 10.6 Å². The van der Waals surface area contributed by atoms with E-state index < -0.39 is 17.6 Å². The quantitative estimate of drug-likeness (QED) is 0.345. The molecule has 0 radical (unpaired) electrons. The van der Waals surface area contributed by atoms with E-state index in [2.05, 4.69) is 33.2 Å². The SMILES string of the molecule is O=C(Nc1ccc(I)cc1)/C(=C\c1ccc(F)cc1)NC(=O)c1ccccc1Cl. The van der Waals surface area contributed by atoms with Gasteiger partial charge in [-0.1, -0.05) is 35.9 Å². The van der Waals surface area contributed by atoms with Crippen LogP contribution in [0.25, 0.3) is 6.08 Å². The molecule has 2 N–H and O–H groups in total. The Bertz CT molecular complexity index is 1070. The van der Waals surface area contributed by atoms with Gasteiger partial charge in [-0.15, -0.1) is 0 Å². The molecule has 0 aliphatic carbocycles. The lowest BCUT2D eigenvalue weighted by Crippen LogP contribution is -2.30. The van der Waals surface area contributed by atoms with Crippen LogP contribution in [0.15, 0.2) is 78.5 Å². The third kappa shape index (κ3) is 5.88. The Morgan fingerprint density at radius 3 is 2.24 bits per heavy atom. The molecule has 0 aliphatic heterocycles. The molecule has 0 aliphatic rings. The number of rotatable bonds is 5. The Labute approximate surface area is 185 Å². The molecule has 146 valence electrons. The smallest absolute Gasteiger partial charge is 0.272 e. The molecule has 0 bridgehead atoms. The standard InChI is InChI=1S/C22H15ClFIN2O2/c23-19-4-2-1-3-18(19)21(28)27-20(13-14-5-7-15(24)8-6-14)22(29)26-17-11-9-16(25)10-12-17/h1-13H,(H,26,29)(H,27,28)/b20-13+. The minimum atomic E-state index is -0.526. The van der Waals surface area contributed by atoms with Gasteiger partial charge in [-0.2, -0.15) is 0 Å². The van der Waals surface area contributed by atoms with Crippen molar-refractivity contribution in [1.82, 2.24) is 5.32 Å². The highest BCUT2D eigenvalue weighted by atomic mass is 127. The predicted molar refractivity (Wildman–Crippen MR) is 121 cm³/mol. The average molecular weight is 521 g/mol. The molecule has 3 rings (SSSR count). The van der Waals surface area contributed by atoms with Gasteiger partial charge in [0.05, 0.1) is 10.6 Å². The van der Waals surface area contributed by atoms with E-state index in [0.29, 0.717) is 11.3 Å². The van der Waals surface area contributed by atoms with Crippen LogP contribution < -0.4 is 10.6 Å². The molecule has 0 spiro atoms. The Kier molecular flexibility index (Phi) is 7.00. The molecule has 0 atom stereocenters. The van der Waals surface area contributed by atoms with Crippen molar-refractivity contribution in [2.75, 3.05) is 5.32 Å². The van der Waals surface area contributed by atoms with Gasteiger partial charge >= 0.3 is 0 Å². The molecule has 0 heterocycles. The van der Waals surface area contributed by atoms with E-state index >= 15 is 0 Å². The summed E-state index contributed by atoms with van der Waals surface area (Å²) >= 11 is 8.24. The maximum Gasteiger partial charge on any atom is 0.272 e. The van der Waals surface area contributed by atoms with Gasteiger partial charge in [-0.05, 0) is 82.8 Å². The summed E-state index contributed by atoms with van der Waals surface area (Å²) < 4.78 is 14.2. The summed E-state index contributed by atoms with van der Waals surface area (Å²) in [5.74, 6) is -1.44. The average Bonchev–Trinajstić information content (AvgIpc) is 2.71. The normalized spacial score (nSPS) is 11.1. The first-order chi connectivity index (χ1) is 13.9. The number of carbonyl (C=O) groups excluding carboxylic acids is 2. The summed E-state index contributed by atoms with van der Waals surface area (Å²) in [5, 5.41) is 5.61. The summed E-state index contributed by atoms with van der Waals surface area (Å²) in [4.78, 5) is 25.5. The number of carbonyl (C=O) groups is 2. The summed E-state index contributed by atoms with van der Waals surface area (Å²) in [6.45, 7) is 0. The number of halogens is 3. The number of amides is 2. The van der Waals surface area contributed by atoms with Crippen molar-refractivity contribution in [3.05, 3.63) is 104 Å². The topological polar surface area (TPSA) is 58.2 Å². The lowest BCUT2D eigenvalue weighted by molar-refractivity contribution is -0.113. The number of anilines is 1. The van der Waals surface area contributed by atoms with Crippen LogP contribution in [0, 0.1) is 9.39 Å². The maximum atomic E-state index is 13.2. The summed E-state index contributed by atoms with van der Waals surface area (Å²) in [5.41, 5.74) is 1.37. The van der Waals surface area contributed by atoms with Gasteiger partial charge in [0.15, 0.2) is 0 Å². The third-order valence-corrected chi connectivity index (χ3v) is 4.94. The first kappa shape index (κ1) is 21.0. The second-order valence-corrected chi connectivity index (χ2v) is 7.66. The highest BCUT2D eigenvalue weighted by molar-refractivity contribution is 14.1. The minimum Gasteiger partial charge on any atom is -0.321 e. The molecule has 29 heavy (non-hydrogen) atoms. The second kappa shape index (κ2) is 9.67. The molecule has 4 nitrogen and oxygen atoms in total. The molecule has 3 aromatic rings. The van der Waals surface area contributed by atoms with E-state index in [0.717, 1.165) is 3.57 Å². The monoisotopic (exact) mass is 520 g/mol. The summed E-state index contributed by atoms with van der Waals surface area (Å²) in [6.07, 6.45) is 1.47. The fourth-order valence-corrected chi connectivity index (χ4v) is 3.03. The van der Waals surface area contributed by atoms with E-state index in [1.54, 1.807) is 36.4 Å². The van der Waals surface area contributed by atoms with E-state index in [4.69, 9.17) is 11.6 Å². The maximum absolute atomic E-state index is 13.2. The zero-order chi connectivity index (χ0) is 20.8. The molecule has 3 aromatic carbocycles. The Morgan fingerprint density at radius 1 is 0.931 bits per heavy atom. The number of hydrogen-bond acceptors (Lipinski definition) is 2. The van der Waals surface area contributed by atoms with E-state index in [9.17, 15) is 14.0 Å². The van der Waals surface area contributed by atoms with Crippen molar-refractivity contribution in [3.63, 3.8) is 0 Å². The van der Waals surface area contributed by atoms with E-state index in [1.165, 1.54) is 30.3 Å².